The lowest BCUT2D eigenvalue weighted by Crippen LogP contribution is -2.14. The summed E-state index contributed by atoms with van der Waals surface area (Å²) in [4.78, 5) is 23.6. The number of thiazole rings is 1. The third-order valence-corrected chi connectivity index (χ3v) is 6.83. The summed E-state index contributed by atoms with van der Waals surface area (Å²) in [7, 11) is -4.40. The second kappa shape index (κ2) is 10.2. The number of fused-ring (bicyclic) bond motifs is 3. The van der Waals surface area contributed by atoms with Crippen LogP contribution in [0.2, 0.25) is 0 Å². The van der Waals surface area contributed by atoms with E-state index < -0.39 is 7.82 Å². The van der Waals surface area contributed by atoms with Crippen LogP contribution in [0, 0.1) is 0 Å². The molecule has 5 N–H and O–H groups in total. The Balaban J connectivity index is 1.68. The fourth-order valence-corrected chi connectivity index (χ4v) is 5.13. The minimum absolute atomic E-state index is 0.0315. The summed E-state index contributed by atoms with van der Waals surface area (Å²) < 4.78 is 15.3. The number of unbranched alkanes of at least 4 members (excludes halogenated alkanes) is 1. The molecular weight excluding hydrogens is 409 g/mol. The van der Waals surface area contributed by atoms with Crippen molar-refractivity contribution in [3.05, 3.63) is 35.0 Å². The highest BCUT2D eigenvalue weighted by Gasteiger charge is 2.22. The van der Waals surface area contributed by atoms with Crippen LogP contribution in [0.1, 0.15) is 55.3 Å². The Morgan fingerprint density at radius 3 is 2.90 bits per heavy atom. The van der Waals surface area contributed by atoms with E-state index in [-0.39, 0.29) is 12.5 Å². The summed E-state index contributed by atoms with van der Waals surface area (Å²) in [5, 5.41) is 4.44. The van der Waals surface area contributed by atoms with Crippen molar-refractivity contribution in [3.8, 4) is 10.4 Å². The number of hydrogen-bond donors (Lipinski definition) is 4. The number of hydrogen-bond acceptors (Lipinski definition) is 6. The minimum atomic E-state index is -4.40. The number of nitrogens with zero attached hydrogens (tertiary/aromatic N) is 1. The molecule has 1 heterocycles. The molecule has 1 aromatic heterocycles. The van der Waals surface area contributed by atoms with Gasteiger partial charge in [0.2, 0.25) is 0 Å². The van der Waals surface area contributed by atoms with Crippen LogP contribution in [-0.4, -0.2) is 34.5 Å². The number of aryl methyl sites for hydroxylation is 2. The molecule has 3 rings (SSSR count). The Morgan fingerprint density at radius 2 is 2.17 bits per heavy atom. The maximum Gasteiger partial charge on any atom is 0.469 e. The second-order valence-electron chi connectivity index (χ2n) is 7.39. The van der Waals surface area contributed by atoms with Crippen molar-refractivity contribution in [1.82, 2.24) is 4.98 Å². The molecular formula is C20H30N3O4PS. The molecule has 0 saturated heterocycles. The van der Waals surface area contributed by atoms with E-state index >= 15 is 0 Å². The Hall–Kier alpha value is -1.28. The SMILES string of the molecule is CCCCNc1nc2c(s1)-c1ccc([C@H](CN)CCCOP(=O)(O)O)cc1CC2. The van der Waals surface area contributed by atoms with Crippen molar-refractivity contribution in [3.63, 3.8) is 0 Å². The molecule has 0 aliphatic heterocycles. The number of aromatic nitrogens is 1. The van der Waals surface area contributed by atoms with Gasteiger partial charge in [-0.2, -0.15) is 0 Å². The summed E-state index contributed by atoms with van der Waals surface area (Å²) in [6.07, 6.45) is 5.50. The van der Waals surface area contributed by atoms with Gasteiger partial charge in [-0.05, 0) is 61.3 Å². The lowest BCUT2D eigenvalue weighted by Gasteiger charge is -2.20. The van der Waals surface area contributed by atoms with Crippen molar-refractivity contribution >= 4 is 24.3 Å². The maximum absolute atomic E-state index is 10.8. The molecule has 0 radical (unpaired) electrons. The molecule has 0 amide bonds. The third kappa shape index (κ3) is 6.10. The van der Waals surface area contributed by atoms with Crippen LogP contribution in [0.4, 0.5) is 5.13 Å². The van der Waals surface area contributed by atoms with Crippen molar-refractivity contribution in [1.29, 1.82) is 0 Å². The molecule has 0 spiro atoms. The van der Waals surface area contributed by atoms with Gasteiger partial charge in [0.15, 0.2) is 5.13 Å². The molecule has 2 aromatic rings. The normalized spacial score (nSPS) is 14.3. The zero-order valence-electron chi connectivity index (χ0n) is 16.8. The molecule has 1 aliphatic rings. The van der Waals surface area contributed by atoms with Crippen LogP contribution in [0.3, 0.4) is 0 Å². The van der Waals surface area contributed by atoms with Crippen molar-refractivity contribution in [2.75, 3.05) is 25.0 Å². The van der Waals surface area contributed by atoms with Gasteiger partial charge >= 0.3 is 7.82 Å². The first-order chi connectivity index (χ1) is 13.9. The minimum Gasteiger partial charge on any atom is -0.361 e. The largest absolute Gasteiger partial charge is 0.469 e. The number of rotatable bonds is 11. The standard InChI is InChI=1S/C20H30N3O4PS/c1-2-3-10-22-20-23-18-9-7-15-12-14(6-8-17(15)19(18)29-20)16(13-21)5-4-11-27-28(24,25)26/h6,8,12,16H,2-5,7,9-11,13,21H2,1H3,(H,22,23)(H2,24,25,26)/t16-/m0/s1. The van der Waals surface area contributed by atoms with Gasteiger partial charge in [-0.1, -0.05) is 42.9 Å². The fraction of sp³-hybridized carbons (Fsp3) is 0.550. The smallest absolute Gasteiger partial charge is 0.361 e. The van der Waals surface area contributed by atoms with Crippen LogP contribution in [0.5, 0.6) is 0 Å². The molecule has 1 atom stereocenters. The summed E-state index contributed by atoms with van der Waals surface area (Å²) in [5.74, 6) is 0.148. The lowest BCUT2D eigenvalue weighted by atomic mass is 9.87. The predicted molar refractivity (Wildman–Crippen MR) is 117 cm³/mol. The second-order valence-corrected chi connectivity index (χ2v) is 9.63. The van der Waals surface area contributed by atoms with Gasteiger partial charge in [-0.3, -0.25) is 4.52 Å². The predicted octanol–water partition coefficient (Wildman–Crippen LogP) is 4.05. The molecule has 9 heteroatoms. The highest BCUT2D eigenvalue weighted by molar-refractivity contribution is 7.46. The average molecular weight is 440 g/mol. The zero-order chi connectivity index (χ0) is 20.9. The molecule has 0 unspecified atom stereocenters. The number of anilines is 1. The average Bonchev–Trinajstić information content (AvgIpc) is 3.10. The Kier molecular flexibility index (Phi) is 7.85. The topological polar surface area (TPSA) is 118 Å². The first kappa shape index (κ1) is 22.4. The number of nitrogens with two attached hydrogens (primary N) is 1. The molecule has 0 fully saturated rings. The van der Waals surface area contributed by atoms with Crippen LogP contribution in [-0.2, 0) is 21.9 Å². The van der Waals surface area contributed by atoms with Crippen molar-refractivity contribution < 1.29 is 18.9 Å². The molecule has 0 saturated carbocycles. The number of phosphoric ester groups is 1. The van der Waals surface area contributed by atoms with Gasteiger partial charge in [0.05, 0.1) is 17.2 Å². The van der Waals surface area contributed by atoms with Crippen molar-refractivity contribution in [2.45, 2.75) is 51.4 Å². The first-order valence-corrected chi connectivity index (χ1v) is 12.5. The Bertz CT molecular complexity index is 867. The maximum atomic E-state index is 10.8. The van der Waals surface area contributed by atoms with E-state index in [0.29, 0.717) is 13.0 Å². The first-order valence-electron chi connectivity index (χ1n) is 10.2. The van der Waals surface area contributed by atoms with Gasteiger partial charge in [0.1, 0.15) is 0 Å². The van der Waals surface area contributed by atoms with E-state index in [1.165, 1.54) is 27.3 Å². The van der Waals surface area contributed by atoms with E-state index in [0.717, 1.165) is 43.8 Å². The monoisotopic (exact) mass is 439 g/mol. The van der Waals surface area contributed by atoms with Crippen LogP contribution in [0.15, 0.2) is 18.2 Å². The van der Waals surface area contributed by atoms with E-state index in [1.807, 2.05) is 0 Å². The van der Waals surface area contributed by atoms with Gasteiger partial charge in [0, 0.05) is 6.54 Å². The molecule has 1 aliphatic carbocycles. The van der Waals surface area contributed by atoms with Gasteiger partial charge in [-0.25, -0.2) is 9.55 Å². The van der Waals surface area contributed by atoms with Gasteiger partial charge in [-0.15, -0.1) is 0 Å². The Morgan fingerprint density at radius 1 is 1.34 bits per heavy atom. The summed E-state index contributed by atoms with van der Waals surface area (Å²) in [6, 6.07) is 6.54. The zero-order valence-corrected chi connectivity index (χ0v) is 18.5. The van der Waals surface area contributed by atoms with Crippen LogP contribution >= 0.6 is 19.2 Å². The van der Waals surface area contributed by atoms with Crippen LogP contribution in [0.25, 0.3) is 10.4 Å². The number of nitrogens with one attached hydrogen (secondary N) is 1. The van der Waals surface area contributed by atoms with Crippen molar-refractivity contribution in [2.24, 2.45) is 5.73 Å². The molecule has 0 bridgehead atoms. The van der Waals surface area contributed by atoms with Gasteiger partial charge < -0.3 is 20.8 Å². The molecule has 160 valence electrons. The molecule has 1 aromatic carbocycles. The summed E-state index contributed by atoms with van der Waals surface area (Å²) >= 11 is 1.73. The van der Waals surface area contributed by atoms with E-state index in [4.69, 9.17) is 20.5 Å². The molecule has 7 nitrogen and oxygen atoms in total. The highest BCUT2D eigenvalue weighted by atomic mass is 32.1. The van der Waals surface area contributed by atoms with Crippen LogP contribution < -0.4 is 11.1 Å². The van der Waals surface area contributed by atoms with E-state index in [1.54, 1.807) is 11.3 Å². The quantitative estimate of drug-likeness (QED) is 0.308. The summed E-state index contributed by atoms with van der Waals surface area (Å²) in [6.45, 7) is 3.66. The van der Waals surface area contributed by atoms with E-state index in [2.05, 4.69) is 35.0 Å². The highest BCUT2D eigenvalue weighted by Crippen LogP contribution is 2.41. The summed E-state index contributed by atoms with van der Waals surface area (Å²) in [5.41, 5.74) is 10.9. The van der Waals surface area contributed by atoms with E-state index in [9.17, 15) is 4.57 Å². The third-order valence-electron chi connectivity index (χ3n) is 5.22. The number of phosphoric acid groups is 1. The number of benzene rings is 1. The van der Waals surface area contributed by atoms with Gasteiger partial charge in [0.25, 0.3) is 0 Å². The fourth-order valence-electron chi connectivity index (χ4n) is 3.66. The molecule has 29 heavy (non-hydrogen) atoms. The Labute approximate surface area is 175 Å². The lowest BCUT2D eigenvalue weighted by molar-refractivity contribution is 0.192.